The van der Waals surface area contributed by atoms with Gasteiger partial charge in [0.2, 0.25) is 0 Å². The van der Waals surface area contributed by atoms with E-state index in [1.807, 2.05) is 0 Å². The van der Waals surface area contributed by atoms with Gasteiger partial charge in [-0.05, 0) is 30.3 Å². The van der Waals surface area contributed by atoms with Crippen molar-refractivity contribution >= 4 is 23.0 Å². The van der Waals surface area contributed by atoms with Gasteiger partial charge in [0.05, 0.1) is 26.3 Å². The number of nitrogens with one attached hydrogen (secondary N) is 2. The Morgan fingerprint density at radius 3 is 2.95 bits per heavy atom. The number of nitrogens with zero attached hydrogens (tertiary/aromatic N) is 1. The van der Waals surface area contributed by atoms with Crippen LogP contribution < -0.4 is 15.1 Å². The van der Waals surface area contributed by atoms with Crippen LogP contribution in [-0.4, -0.2) is 51.0 Å². The first-order valence-corrected chi connectivity index (χ1v) is 7.80. The molecule has 0 aliphatic carbocycles. The molecular weight excluding hydrogens is 270 g/mol. The molecule has 0 atom stereocenters. The van der Waals surface area contributed by atoms with E-state index in [-0.39, 0.29) is 0 Å². The van der Waals surface area contributed by atoms with Crippen molar-refractivity contribution in [3.8, 4) is 0 Å². The summed E-state index contributed by atoms with van der Waals surface area (Å²) in [6.07, 6.45) is 1.09. The van der Waals surface area contributed by atoms with Crippen molar-refractivity contribution in [2.45, 2.75) is 6.42 Å². The van der Waals surface area contributed by atoms with Gasteiger partial charge in [-0.3, -0.25) is 0 Å². The molecule has 0 bridgehead atoms. The van der Waals surface area contributed by atoms with Crippen LogP contribution in [0, 0.1) is 0 Å². The van der Waals surface area contributed by atoms with Crippen LogP contribution in [0.15, 0.2) is 24.3 Å². The fraction of sp³-hybridized carbons (Fsp3) is 0.533. The third-order valence-corrected chi connectivity index (χ3v) is 4.45. The van der Waals surface area contributed by atoms with Crippen molar-refractivity contribution < 1.29 is 9.64 Å². The number of hydrogen-bond donors (Lipinski definition) is 2. The summed E-state index contributed by atoms with van der Waals surface area (Å²) in [5.74, 6) is 0. The number of para-hydroxylation sites is 1. The van der Waals surface area contributed by atoms with Gasteiger partial charge in [-0.2, -0.15) is 0 Å². The summed E-state index contributed by atoms with van der Waals surface area (Å²) < 4.78 is 5.37. The molecule has 5 heteroatoms. The van der Waals surface area contributed by atoms with Crippen molar-refractivity contribution in [2.75, 3.05) is 50.8 Å². The lowest BCUT2D eigenvalue weighted by molar-refractivity contribution is -0.906. The highest BCUT2D eigenvalue weighted by Crippen LogP contribution is 2.27. The summed E-state index contributed by atoms with van der Waals surface area (Å²) in [7, 11) is 0. The van der Waals surface area contributed by atoms with Gasteiger partial charge in [-0.15, -0.1) is 0 Å². The molecule has 0 aromatic heterocycles. The van der Waals surface area contributed by atoms with Gasteiger partial charge in [-0.1, -0.05) is 18.2 Å². The van der Waals surface area contributed by atoms with E-state index >= 15 is 0 Å². The molecule has 2 aliphatic heterocycles. The molecule has 0 spiro atoms. The van der Waals surface area contributed by atoms with E-state index < -0.39 is 0 Å². The minimum atomic E-state index is 0.864. The zero-order valence-corrected chi connectivity index (χ0v) is 12.5. The van der Waals surface area contributed by atoms with E-state index in [1.54, 1.807) is 4.90 Å². The molecule has 1 aromatic rings. The minimum absolute atomic E-state index is 0.864. The molecule has 1 fully saturated rings. The topological polar surface area (TPSA) is 28.9 Å². The van der Waals surface area contributed by atoms with E-state index in [0.717, 1.165) is 57.5 Å². The zero-order chi connectivity index (χ0) is 13.8. The first-order valence-electron chi connectivity index (χ1n) is 7.39. The van der Waals surface area contributed by atoms with E-state index in [2.05, 4.69) is 34.5 Å². The lowest BCUT2D eigenvalue weighted by Gasteiger charge is -2.25. The Labute approximate surface area is 125 Å². The van der Waals surface area contributed by atoms with E-state index in [4.69, 9.17) is 17.0 Å². The second-order valence-electron chi connectivity index (χ2n) is 5.37. The molecule has 0 saturated carbocycles. The summed E-state index contributed by atoms with van der Waals surface area (Å²) in [4.78, 5) is 3.83. The van der Waals surface area contributed by atoms with Crippen LogP contribution >= 0.6 is 12.2 Å². The predicted octanol–water partition coefficient (Wildman–Crippen LogP) is -0.161. The van der Waals surface area contributed by atoms with Crippen LogP contribution in [0.5, 0.6) is 0 Å². The Balaban J connectivity index is 1.48. The number of morpholine rings is 1. The zero-order valence-electron chi connectivity index (χ0n) is 11.7. The van der Waals surface area contributed by atoms with Gasteiger partial charge in [0.15, 0.2) is 5.11 Å². The third kappa shape index (κ3) is 3.11. The van der Waals surface area contributed by atoms with Crippen LogP contribution in [0.1, 0.15) is 5.56 Å². The van der Waals surface area contributed by atoms with E-state index in [1.165, 1.54) is 11.3 Å². The highest BCUT2D eigenvalue weighted by atomic mass is 32.1. The van der Waals surface area contributed by atoms with Gasteiger partial charge in [0.25, 0.3) is 0 Å². The Hall–Kier alpha value is -1.17. The van der Waals surface area contributed by atoms with Crippen molar-refractivity contribution in [1.29, 1.82) is 0 Å². The third-order valence-electron chi connectivity index (χ3n) is 4.09. The molecule has 4 nitrogen and oxygen atoms in total. The summed E-state index contributed by atoms with van der Waals surface area (Å²) in [6, 6.07) is 8.53. The van der Waals surface area contributed by atoms with Crippen molar-refractivity contribution in [3.05, 3.63) is 29.8 Å². The summed E-state index contributed by atoms with van der Waals surface area (Å²) in [5.41, 5.74) is 2.67. The number of thiocarbonyl (C=S) groups is 1. The van der Waals surface area contributed by atoms with Crippen molar-refractivity contribution in [3.63, 3.8) is 0 Å². The number of hydrogen-bond acceptors (Lipinski definition) is 2. The van der Waals surface area contributed by atoms with Crippen LogP contribution in [0.2, 0.25) is 0 Å². The van der Waals surface area contributed by atoms with Gasteiger partial charge in [0, 0.05) is 12.2 Å². The molecule has 108 valence electrons. The lowest BCUT2D eigenvalue weighted by atomic mass is 10.2. The average Bonchev–Trinajstić information content (AvgIpc) is 2.92. The molecule has 0 radical (unpaired) electrons. The van der Waals surface area contributed by atoms with Gasteiger partial charge < -0.3 is 19.9 Å². The lowest BCUT2D eigenvalue weighted by Crippen LogP contribution is -3.14. The van der Waals surface area contributed by atoms with Crippen molar-refractivity contribution in [2.24, 2.45) is 0 Å². The molecule has 0 amide bonds. The fourth-order valence-corrected chi connectivity index (χ4v) is 3.19. The molecule has 1 aromatic carbocycles. The van der Waals surface area contributed by atoms with Gasteiger partial charge >= 0.3 is 0 Å². The van der Waals surface area contributed by atoms with Crippen LogP contribution in [0.3, 0.4) is 0 Å². The Kier molecular flexibility index (Phi) is 4.50. The average molecular weight is 292 g/mol. The standard InChI is InChI=1S/C15H21N3OS/c20-15(16-6-8-17-9-11-19-12-10-17)18-7-5-13-3-1-2-4-14(13)18/h1-4H,5-12H2,(H,16,20)/p+1. The maximum atomic E-state index is 5.54. The molecule has 2 N–H and O–H groups in total. The quantitative estimate of drug-likeness (QED) is 0.758. The maximum Gasteiger partial charge on any atom is 0.173 e. The van der Waals surface area contributed by atoms with Crippen LogP contribution in [0.25, 0.3) is 0 Å². The predicted molar refractivity (Wildman–Crippen MR) is 84.5 cm³/mol. The first-order chi connectivity index (χ1) is 9.84. The number of anilines is 1. The normalized spacial score (nSPS) is 18.9. The summed E-state index contributed by atoms with van der Waals surface area (Å²) in [5, 5.41) is 4.27. The maximum absolute atomic E-state index is 5.54. The number of fused-ring (bicyclic) bond motifs is 1. The van der Waals surface area contributed by atoms with Crippen molar-refractivity contribution in [1.82, 2.24) is 5.32 Å². The fourth-order valence-electron chi connectivity index (χ4n) is 2.90. The van der Waals surface area contributed by atoms with Gasteiger partial charge in [-0.25, -0.2) is 0 Å². The molecule has 3 rings (SSSR count). The number of rotatable bonds is 3. The Bertz CT molecular complexity index is 474. The van der Waals surface area contributed by atoms with Crippen LogP contribution in [-0.2, 0) is 11.2 Å². The van der Waals surface area contributed by atoms with Gasteiger partial charge in [0.1, 0.15) is 13.1 Å². The molecule has 1 saturated heterocycles. The smallest absolute Gasteiger partial charge is 0.173 e. The number of ether oxygens (including phenoxy) is 1. The van der Waals surface area contributed by atoms with E-state index in [9.17, 15) is 0 Å². The Morgan fingerprint density at radius 2 is 2.10 bits per heavy atom. The largest absolute Gasteiger partial charge is 0.370 e. The second-order valence-corrected chi connectivity index (χ2v) is 5.76. The highest BCUT2D eigenvalue weighted by molar-refractivity contribution is 7.80. The highest BCUT2D eigenvalue weighted by Gasteiger charge is 2.21. The monoisotopic (exact) mass is 292 g/mol. The number of quaternary nitrogens is 1. The molecular formula is C15H22N3OS+. The SMILES string of the molecule is S=C(NCC[NH+]1CCOCC1)N1CCc2ccccc21. The van der Waals surface area contributed by atoms with E-state index in [0.29, 0.717) is 0 Å². The number of benzene rings is 1. The second kappa shape index (κ2) is 6.52. The van der Waals surface area contributed by atoms with Crippen LogP contribution in [0.4, 0.5) is 5.69 Å². The first kappa shape index (κ1) is 13.8. The minimum Gasteiger partial charge on any atom is -0.370 e. The Morgan fingerprint density at radius 1 is 1.30 bits per heavy atom. The molecule has 20 heavy (non-hydrogen) atoms. The molecule has 2 heterocycles. The molecule has 2 aliphatic rings. The summed E-state index contributed by atoms with van der Waals surface area (Å²) >= 11 is 5.54. The summed E-state index contributed by atoms with van der Waals surface area (Å²) in [6.45, 7) is 7.04. The molecule has 0 unspecified atom stereocenters.